The van der Waals surface area contributed by atoms with Gasteiger partial charge in [-0.1, -0.05) is 26.3 Å². The van der Waals surface area contributed by atoms with E-state index in [1.807, 2.05) is 44.0 Å². The average Bonchev–Trinajstić information content (AvgIpc) is 2.33. The lowest BCUT2D eigenvalue weighted by molar-refractivity contribution is 0.380. The van der Waals surface area contributed by atoms with E-state index >= 15 is 0 Å². The van der Waals surface area contributed by atoms with Gasteiger partial charge < -0.3 is 5.73 Å². The van der Waals surface area contributed by atoms with Crippen LogP contribution in [0.2, 0.25) is 0 Å². The Morgan fingerprint density at radius 1 is 1.12 bits per heavy atom. The zero-order valence-corrected chi connectivity index (χ0v) is 11.1. The predicted octanol–water partition coefficient (Wildman–Crippen LogP) is 3.79. The van der Waals surface area contributed by atoms with Crippen LogP contribution < -0.4 is 5.73 Å². The zero-order chi connectivity index (χ0) is 11.8. The Kier molecular flexibility index (Phi) is 6.34. The minimum Gasteiger partial charge on any atom is -0.399 e. The highest BCUT2D eigenvalue weighted by Crippen LogP contribution is 2.26. The molecule has 1 aliphatic rings. The van der Waals surface area contributed by atoms with Crippen LogP contribution in [0.4, 0.5) is 5.69 Å². The summed E-state index contributed by atoms with van der Waals surface area (Å²) < 4.78 is 2.43. The van der Waals surface area contributed by atoms with Crippen molar-refractivity contribution in [3.8, 4) is 0 Å². The van der Waals surface area contributed by atoms with Gasteiger partial charge in [0.05, 0.1) is 0 Å². The van der Waals surface area contributed by atoms with Crippen molar-refractivity contribution in [2.24, 2.45) is 0 Å². The number of hydrogen-bond acceptors (Lipinski definition) is 3. The molecule has 1 aromatic rings. The first-order valence-corrected chi connectivity index (χ1v) is 6.90. The Balaban J connectivity index is 0.000000606. The van der Waals surface area contributed by atoms with Crippen LogP contribution in [0.1, 0.15) is 33.1 Å². The van der Waals surface area contributed by atoms with E-state index in [0.717, 1.165) is 5.69 Å². The van der Waals surface area contributed by atoms with Crippen molar-refractivity contribution >= 4 is 17.6 Å². The van der Waals surface area contributed by atoms with Gasteiger partial charge in [-0.3, -0.25) is 0 Å². The lowest BCUT2D eigenvalue weighted by Crippen LogP contribution is -2.22. The molecule has 0 bridgehead atoms. The summed E-state index contributed by atoms with van der Waals surface area (Å²) >= 11 is 1.83. The summed E-state index contributed by atoms with van der Waals surface area (Å²) in [7, 11) is 0. The SMILES string of the molecule is CC.Nc1cccc(SN2CCCCC2)c1. The Hall–Kier alpha value is -0.670. The lowest BCUT2D eigenvalue weighted by Gasteiger charge is -2.25. The number of nitrogens with two attached hydrogens (primary N) is 1. The largest absolute Gasteiger partial charge is 0.399 e. The monoisotopic (exact) mass is 238 g/mol. The van der Waals surface area contributed by atoms with E-state index < -0.39 is 0 Å². The molecular formula is C13H22N2S. The molecular weight excluding hydrogens is 216 g/mol. The second-order valence-electron chi connectivity index (χ2n) is 3.65. The van der Waals surface area contributed by atoms with Crippen LogP contribution >= 0.6 is 11.9 Å². The number of nitrogens with zero attached hydrogens (tertiary/aromatic N) is 1. The molecule has 0 radical (unpaired) electrons. The van der Waals surface area contributed by atoms with Gasteiger partial charge in [-0.05, 0) is 43.0 Å². The van der Waals surface area contributed by atoms with Crippen LogP contribution in [-0.4, -0.2) is 17.4 Å². The van der Waals surface area contributed by atoms with Crippen molar-refractivity contribution in [3.63, 3.8) is 0 Å². The van der Waals surface area contributed by atoms with Gasteiger partial charge >= 0.3 is 0 Å². The fraction of sp³-hybridized carbons (Fsp3) is 0.538. The summed E-state index contributed by atoms with van der Waals surface area (Å²) in [5, 5.41) is 0. The quantitative estimate of drug-likeness (QED) is 0.628. The number of nitrogen functional groups attached to an aromatic ring is 1. The third kappa shape index (κ3) is 4.45. The maximum atomic E-state index is 5.73. The average molecular weight is 238 g/mol. The minimum absolute atomic E-state index is 0.854. The summed E-state index contributed by atoms with van der Waals surface area (Å²) in [6.45, 7) is 6.42. The van der Waals surface area contributed by atoms with Crippen LogP contribution in [0, 0.1) is 0 Å². The van der Waals surface area contributed by atoms with Crippen LogP contribution in [0.3, 0.4) is 0 Å². The summed E-state index contributed by atoms with van der Waals surface area (Å²) in [6, 6.07) is 8.11. The zero-order valence-electron chi connectivity index (χ0n) is 10.3. The molecule has 0 amide bonds. The highest BCUT2D eigenvalue weighted by molar-refractivity contribution is 7.97. The van der Waals surface area contributed by atoms with Gasteiger partial charge in [0.25, 0.3) is 0 Å². The maximum Gasteiger partial charge on any atom is 0.0325 e. The van der Waals surface area contributed by atoms with Gasteiger partial charge in [0.1, 0.15) is 0 Å². The molecule has 0 atom stereocenters. The molecule has 2 nitrogen and oxygen atoms in total. The van der Waals surface area contributed by atoms with E-state index in [4.69, 9.17) is 5.73 Å². The summed E-state index contributed by atoms with van der Waals surface area (Å²) in [5.41, 5.74) is 6.59. The normalized spacial score (nSPS) is 16.4. The van der Waals surface area contributed by atoms with Crippen molar-refractivity contribution in [2.45, 2.75) is 38.0 Å². The molecule has 16 heavy (non-hydrogen) atoms. The molecule has 1 saturated heterocycles. The third-order valence-corrected chi connectivity index (χ3v) is 3.50. The molecule has 2 N–H and O–H groups in total. The molecule has 0 aromatic heterocycles. The lowest BCUT2D eigenvalue weighted by atomic mass is 10.2. The molecule has 1 heterocycles. The molecule has 1 fully saturated rings. The number of piperidine rings is 1. The topological polar surface area (TPSA) is 29.3 Å². The van der Waals surface area contributed by atoms with Crippen LogP contribution in [0.25, 0.3) is 0 Å². The molecule has 3 heteroatoms. The van der Waals surface area contributed by atoms with E-state index in [1.165, 1.54) is 37.2 Å². The van der Waals surface area contributed by atoms with Crippen LogP contribution in [-0.2, 0) is 0 Å². The van der Waals surface area contributed by atoms with Crippen LogP contribution in [0.5, 0.6) is 0 Å². The van der Waals surface area contributed by atoms with Gasteiger partial charge in [-0.2, -0.15) is 0 Å². The molecule has 0 saturated carbocycles. The van der Waals surface area contributed by atoms with E-state index in [1.54, 1.807) is 0 Å². The highest BCUT2D eigenvalue weighted by atomic mass is 32.2. The van der Waals surface area contributed by atoms with E-state index in [0.29, 0.717) is 0 Å². The standard InChI is InChI=1S/C11H16N2S.C2H6/c12-10-5-4-6-11(9-10)14-13-7-2-1-3-8-13;1-2/h4-6,9H,1-3,7-8,12H2;1-2H3. The minimum atomic E-state index is 0.854. The molecule has 0 aliphatic carbocycles. The second-order valence-corrected chi connectivity index (χ2v) is 4.82. The number of hydrogen-bond donors (Lipinski definition) is 1. The molecule has 0 spiro atoms. The number of rotatable bonds is 2. The van der Waals surface area contributed by atoms with Gasteiger partial charge in [-0.25, -0.2) is 4.31 Å². The first-order chi connectivity index (χ1) is 7.84. The summed E-state index contributed by atoms with van der Waals surface area (Å²) in [6.07, 6.45) is 4.04. The Morgan fingerprint density at radius 3 is 2.44 bits per heavy atom. The van der Waals surface area contributed by atoms with Gasteiger partial charge in [0.15, 0.2) is 0 Å². The second kappa shape index (κ2) is 7.58. The van der Waals surface area contributed by atoms with E-state index in [2.05, 4.69) is 10.4 Å². The summed E-state index contributed by atoms with van der Waals surface area (Å²) in [5.74, 6) is 0. The van der Waals surface area contributed by atoms with E-state index in [-0.39, 0.29) is 0 Å². The van der Waals surface area contributed by atoms with E-state index in [9.17, 15) is 0 Å². The first kappa shape index (κ1) is 13.4. The van der Waals surface area contributed by atoms with Crippen molar-refractivity contribution in [2.75, 3.05) is 18.8 Å². The molecule has 2 rings (SSSR count). The Morgan fingerprint density at radius 2 is 1.81 bits per heavy atom. The van der Waals surface area contributed by atoms with Gasteiger partial charge in [0.2, 0.25) is 0 Å². The first-order valence-electron chi connectivity index (χ1n) is 6.13. The number of benzene rings is 1. The van der Waals surface area contributed by atoms with Crippen molar-refractivity contribution in [3.05, 3.63) is 24.3 Å². The van der Waals surface area contributed by atoms with Crippen LogP contribution in [0.15, 0.2) is 29.2 Å². The summed E-state index contributed by atoms with van der Waals surface area (Å²) in [4.78, 5) is 1.26. The molecule has 0 unspecified atom stereocenters. The molecule has 1 aromatic carbocycles. The Bertz CT molecular complexity index is 296. The Labute approximate surface area is 103 Å². The maximum absolute atomic E-state index is 5.73. The fourth-order valence-electron chi connectivity index (χ4n) is 1.68. The number of anilines is 1. The van der Waals surface area contributed by atoms with Crippen molar-refractivity contribution < 1.29 is 0 Å². The third-order valence-electron chi connectivity index (χ3n) is 2.41. The molecule has 90 valence electrons. The van der Waals surface area contributed by atoms with Crippen molar-refractivity contribution in [1.82, 2.24) is 4.31 Å². The van der Waals surface area contributed by atoms with Gasteiger partial charge in [0, 0.05) is 23.7 Å². The van der Waals surface area contributed by atoms with Crippen molar-refractivity contribution in [1.29, 1.82) is 0 Å². The smallest absolute Gasteiger partial charge is 0.0325 e. The highest BCUT2D eigenvalue weighted by Gasteiger charge is 2.10. The molecule has 1 aliphatic heterocycles. The predicted molar refractivity (Wildman–Crippen MR) is 73.5 cm³/mol. The fourth-order valence-corrected chi connectivity index (χ4v) is 2.74. The van der Waals surface area contributed by atoms with Gasteiger partial charge in [-0.15, -0.1) is 0 Å².